The molecule has 0 rings (SSSR count). The van der Waals surface area contributed by atoms with Crippen molar-refractivity contribution in [2.75, 3.05) is 0 Å². The molecule has 0 radical (unpaired) electrons. The van der Waals surface area contributed by atoms with Crippen molar-refractivity contribution < 1.29 is 99.0 Å². The molecule has 0 bridgehead atoms. The maximum Gasteiger partial charge on any atom is 3.00 e. The van der Waals surface area contributed by atoms with E-state index in [0.29, 0.717) is 0 Å². The van der Waals surface area contributed by atoms with Crippen molar-refractivity contribution in [2.24, 2.45) is 0 Å². The largest absolute Gasteiger partial charge is 3.00 e. The average Bonchev–Trinajstić information content (AvgIpc) is 0. The monoisotopic (exact) mass is 410 g/mol. The van der Waals surface area contributed by atoms with Crippen molar-refractivity contribution in [3.05, 3.63) is 0 Å². The van der Waals surface area contributed by atoms with Crippen LogP contribution in [0.15, 0.2) is 0 Å². The van der Waals surface area contributed by atoms with E-state index in [4.69, 9.17) is 0 Å². The van der Waals surface area contributed by atoms with Gasteiger partial charge in [0.25, 0.3) is 0 Å². The molecule has 0 unspecified atom stereocenters. The summed E-state index contributed by atoms with van der Waals surface area (Å²) >= 11 is 0. The fourth-order valence-electron chi connectivity index (χ4n) is 0. The zero-order valence-electron chi connectivity index (χ0n) is 2.38. The molecule has 7 heteroatoms. The van der Waals surface area contributed by atoms with Gasteiger partial charge in [-0.05, 0) is 0 Å². The molecule has 28 valence electrons. The van der Waals surface area contributed by atoms with Crippen LogP contribution < -0.4 is 0 Å². The van der Waals surface area contributed by atoms with Gasteiger partial charge in [-0.25, -0.2) is 0 Å². The van der Waals surface area contributed by atoms with Gasteiger partial charge in [-0.15, -0.1) is 0 Å². The molecule has 3 nitrogen and oxygen atoms in total. The maximum absolute atomic E-state index is 0. The van der Waals surface area contributed by atoms with Crippen LogP contribution in [0, 0.1) is 82.6 Å². The Bertz CT molecular complexity index is 10.9. The Kier molecular flexibility index (Phi) is 306. The molecule has 0 aliphatic carbocycles. The Hall–Kier alpha value is 5.88. The van der Waals surface area contributed by atoms with Crippen LogP contribution in [-0.2, 0) is 16.4 Å². The summed E-state index contributed by atoms with van der Waals surface area (Å²) in [7, 11) is 0. The van der Waals surface area contributed by atoms with Gasteiger partial charge >= 0.3 is 185 Å². The first-order valence-electron chi connectivity index (χ1n) is 0. The molecular weight excluding hydrogens is 408 g/mol. The second-order valence-electron chi connectivity index (χ2n) is 0. The van der Waals surface area contributed by atoms with Crippen molar-refractivity contribution >= 4 is 103 Å². The van der Waals surface area contributed by atoms with Crippen molar-refractivity contribution in [3.8, 4) is 0 Å². The molecule has 0 aromatic heterocycles. The summed E-state index contributed by atoms with van der Waals surface area (Å²) in [6, 6.07) is 0. The minimum absolute atomic E-state index is 0. The summed E-state index contributed by atoms with van der Waals surface area (Å²) < 4.78 is 0. The summed E-state index contributed by atoms with van der Waals surface area (Å²) in [6.07, 6.45) is 0. The Labute approximate surface area is 195 Å². The molecule has 0 heterocycles. The minimum Gasteiger partial charge on any atom is -2.00 e. The van der Waals surface area contributed by atoms with E-state index in [1.54, 1.807) is 0 Å². The van der Waals surface area contributed by atoms with Crippen molar-refractivity contribution in [3.63, 3.8) is 0 Å². The molecule has 0 saturated carbocycles. The van der Waals surface area contributed by atoms with Crippen LogP contribution in [0.4, 0.5) is 0 Å². The molecule has 0 spiro atoms. The van der Waals surface area contributed by atoms with E-state index < -0.39 is 0 Å². The van der Waals surface area contributed by atoms with Gasteiger partial charge < -0.3 is 16.4 Å². The van der Waals surface area contributed by atoms with Crippen LogP contribution in [0.1, 0.15) is 0 Å². The Balaban J connectivity index is 0. The van der Waals surface area contributed by atoms with Gasteiger partial charge in [-0.3, -0.25) is 0 Å². The third-order valence-corrected chi connectivity index (χ3v) is 0. The zero-order chi connectivity index (χ0) is 0. The Morgan fingerprint density at radius 3 is 0.429 bits per heavy atom. The van der Waals surface area contributed by atoms with Crippen LogP contribution in [-0.4, -0.2) is 103 Å². The van der Waals surface area contributed by atoms with Gasteiger partial charge in [-0.2, -0.15) is 0 Å². The van der Waals surface area contributed by atoms with E-state index in [2.05, 4.69) is 0 Å². The fourth-order valence-corrected chi connectivity index (χ4v) is 0. The molecule has 0 saturated heterocycles. The van der Waals surface area contributed by atoms with Crippen LogP contribution in [0.25, 0.3) is 0 Å². The fraction of sp³-hybridized carbons (Fsp3) is 0. The molecule has 0 fully saturated rings. The topological polar surface area (TPSA) is 85.5 Å². The summed E-state index contributed by atoms with van der Waals surface area (Å²) in [5.41, 5.74) is 0. The molecule has 0 atom stereocenters. The Morgan fingerprint density at radius 1 is 0.429 bits per heavy atom. The SMILES string of the molecule is [KH].[KH].[O-2].[O-2].[O-2].[Pr+3].[Pr+3]. The average molecular weight is 410 g/mol. The predicted molar refractivity (Wildman–Crippen MR) is 16.4 cm³/mol. The molecular formula is H2K2O3Pr2. The van der Waals surface area contributed by atoms with Crippen molar-refractivity contribution in [2.45, 2.75) is 0 Å². The number of hydrogen-bond acceptors (Lipinski definition) is 0. The molecule has 0 aromatic rings. The summed E-state index contributed by atoms with van der Waals surface area (Å²) in [5.74, 6) is 0. The van der Waals surface area contributed by atoms with Crippen LogP contribution >= 0.6 is 0 Å². The summed E-state index contributed by atoms with van der Waals surface area (Å²) in [5, 5.41) is 0. The third kappa shape index (κ3) is 33.5. The second kappa shape index (κ2) is 40.7. The standard InChI is InChI=1S/2K.3O.2Pr.2H/q;;3*-2;2*+3;;. The molecule has 0 amide bonds. The zero-order valence-corrected chi connectivity index (χ0v) is 9.79. The van der Waals surface area contributed by atoms with Crippen LogP contribution in [0.2, 0.25) is 0 Å². The van der Waals surface area contributed by atoms with Gasteiger partial charge in [0, 0.05) is 0 Å². The normalized spacial score (nSPS) is 0. The minimum atomic E-state index is 0. The molecule has 7 heavy (non-hydrogen) atoms. The van der Waals surface area contributed by atoms with E-state index in [1.165, 1.54) is 0 Å². The number of rotatable bonds is 0. The quantitative estimate of drug-likeness (QED) is 0.429. The van der Waals surface area contributed by atoms with Crippen LogP contribution in [0.3, 0.4) is 0 Å². The maximum atomic E-state index is 0. The molecule has 0 aliphatic rings. The molecule has 0 aromatic carbocycles. The Morgan fingerprint density at radius 2 is 0.429 bits per heavy atom. The molecule has 0 aliphatic heterocycles. The molecule has 0 N–H and O–H groups in total. The summed E-state index contributed by atoms with van der Waals surface area (Å²) in [6.45, 7) is 0. The van der Waals surface area contributed by atoms with E-state index in [1.807, 2.05) is 0 Å². The smallest absolute Gasteiger partial charge is 2.00 e. The first-order chi connectivity index (χ1) is 0. The van der Waals surface area contributed by atoms with E-state index >= 15 is 0 Å². The van der Waals surface area contributed by atoms with E-state index in [9.17, 15) is 0 Å². The van der Waals surface area contributed by atoms with Crippen LogP contribution in [0.5, 0.6) is 0 Å². The van der Waals surface area contributed by atoms with Gasteiger partial charge in [0.15, 0.2) is 0 Å². The van der Waals surface area contributed by atoms with E-state index in [-0.39, 0.29) is 202 Å². The first-order valence-corrected chi connectivity index (χ1v) is 0. The van der Waals surface area contributed by atoms with E-state index in [0.717, 1.165) is 0 Å². The van der Waals surface area contributed by atoms with Gasteiger partial charge in [0.2, 0.25) is 0 Å². The van der Waals surface area contributed by atoms with Crippen molar-refractivity contribution in [1.29, 1.82) is 0 Å². The predicted octanol–water partition coefficient (Wildman–Crippen LogP) is -1.65. The van der Waals surface area contributed by atoms with Crippen molar-refractivity contribution in [1.82, 2.24) is 0 Å². The number of hydrogen-bond donors (Lipinski definition) is 0. The third-order valence-electron chi connectivity index (χ3n) is 0. The summed E-state index contributed by atoms with van der Waals surface area (Å²) in [4.78, 5) is 0. The van der Waals surface area contributed by atoms with Gasteiger partial charge in [0.1, 0.15) is 0 Å². The second-order valence-corrected chi connectivity index (χ2v) is 0. The van der Waals surface area contributed by atoms with Gasteiger partial charge in [-0.1, -0.05) is 0 Å². The van der Waals surface area contributed by atoms with Gasteiger partial charge in [0.05, 0.1) is 0 Å². The first kappa shape index (κ1) is 52.6.